The first kappa shape index (κ1) is 18.5. The van der Waals surface area contributed by atoms with Crippen LogP contribution in [0.5, 0.6) is 0 Å². The van der Waals surface area contributed by atoms with Crippen molar-refractivity contribution in [1.82, 2.24) is 10.2 Å². The van der Waals surface area contributed by atoms with Crippen LogP contribution >= 0.6 is 11.6 Å². The molecule has 0 aliphatic carbocycles. The van der Waals surface area contributed by atoms with Crippen molar-refractivity contribution >= 4 is 23.4 Å². The fourth-order valence-electron chi connectivity index (χ4n) is 2.31. The molecule has 22 heavy (non-hydrogen) atoms. The summed E-state index contributed by atoms with van der Waals surface area (Å²) < 4.78 is 0. The quantitative estimate of drug-likeness (QED) is 0.836. The number of nitrogens with one attached hydrogen (secondary N) is 1. The smallest absolute Gasteiger partial charge is 0.243 e. The lowest BCUT2D eigenvalue weighted by molar-refractivity contribution is -0.141. The zero-order valence-corrected chi connectivity index (χ0v) is 14.5. The maximum absolute atomic E-state index is 12.4. The van der Waals surface area contributed by atoms with Gasteiger partial charge < -0.3 is 10.2 Å². The summed E-state index contributed by atoms with van der Waals surface area (Å²) in [7, 11) is 0. The maximum atomic E-state index is 12.4. The van der Waals surface area contributed by atoms with Gasteiger partial charge in [-0.1, -0.05) is 43.6 Å². The second-order valence-electron chi connectivity index (χ2n) is 5.55. The third-order valence-corrected chi connectivity index (χ3v) is 3.79. The van der Waals surface area contributed by atoms with Crippen molar-refractivity contribution in [2.45, 2.75) is 59.2 Å². The Balaban J connectivity index is 3.03. The molecule has 2 amide bonds. The zero-order chi connectivity index (χ0) is 16.7. The predicted molar refractivity (Wildman–Crippen MR) is 89.7 cm³/mol. The van der Waals surface area contributed by atoms with Gasteiger partial charge in [-0.15, -0.1) is 0 Å². The van der Waals surface area contributed by atoms with Crippen molar-refractivity contribution in [2.75, 3.05) is 0 Å². The Morgan fingerprint density at radius 2 is 1.86 bits per heavy atom. The molecule has 0 aliphatic rings. The molecule has 0 bridgehead atoms. The molecule has 0 aliphatic heterocycles. The summed E-state index contributed by atoms with van der Waals surface area (Å²) in [5.41, 5.74) is 0.849. The summed E-state index contributed by atoms with van der Waals surface area (Å²) in [5.74, 6) is -0.169. The van der Waals surface area contributed by atoms with Crippen molar-refractivity contribution in [3.05, 3.63) is 34.9 Å². The number of carbonyl (C=O) groups excluding carboxylic acids is 2. The lowest BCUT2D eigenvalue weighted by atomic mass is 10.1. The highest BCUT2D eigenvalue weighted by atomic mass is 35.5. The van der Waals surface area contributed by atoms with Gasteiger partial charge in [0.25, 0.3) is 0 Å². The normalized spacial score (nSPS) is 12.1. The number of hydrogen-bond acceptors (Lipinski definition) is 2. The second-order valence-corrected chi connectivity index (χ2v) is 5.96. The van der Waals surface area contributed by atoms with Gasteiger partial charge >= 0.3 is 0 Å². The van der Waals surface area contributed by atoms with Crippen molar-refractivity contribution in [3.63, 3.8) is 0 Å². The van der Waals surface area contributed by atoms with Crippen molar-refractivity contribution in [3.8, 4) is 0 Å². The van der Waals surface area contributed by atoms with Gasteiger partial charge in [-0.05, 0) is 31.9 Å². The molecule has 0 unspecified atom stereocenters. The van der Waals surface area contributed by atoms with E-state index in [4.69, 9.17) is 11.6 Å². The summed E-state index contributed by atoms with van der Waals surface area (Å²) in [6.07, 6.45) is 0.921. The molecule has 0 saturated carbocycles. The zero-order valence-electron chi connectivity index (χ0n) is 13.7. The van der Waals surface area contributed by atoms with Crippen molar-refractivity contribution in [2.24, 2.45) is 0 Å². The van der Waals surface area contributed by atoms with E-state index in [-0.39, 0.29) is 17.9 Å². The summed E-state index contributed by atoms with van der Waals surface area (Å²) in [6.45, 7) is 7.87. The molecular formula is C17H25ClN2O2. The van der Waals surface area contributed by atoms with E-state index in [2.05, 4.69) is 5.32 Å². The van der Waals surface area contributed by atoms with Crippen LogP contribution < -0.4 is 5.32 Å². The molecule has 1 aromatic carbocycles. The van der Waals surface area contributed by atoms with Gasteiger partial charge in [-0.3, -0.25) is 9.59 Å². The van der Waals surface area contributed by atoms with E-state index >= 15 is 0 Å². The molecule has 5 heteroatoms. The third-order valence-electron chi connectivity index (χ3n) is 3.42. The van der Waals surface area contributed by atoms with Crippen LogP contribution in [0.2, 0.25) is 5.02 Å². The molecule has 0 spiro atoms. The molecule has 0 saturated heterocycles. The molecule has 0 aromatic heterocycles. The summed E-state index contributed by atoms with van der Waals surface area (Å²) in [6, 6.07) is 6.96. The first-order valence-corrected chi connectivity index (χ1v) is 8.11. The Hall–Kier alpha value is -1.55. The van der Waals surface area contributed by atoms with E-state index < -0.39 is 6.04 Å². The van der Waals surface area contributed by atoms with Crippen LogP contribution in [-0.2, 0) is 16.1 Å². The number of amides is 2. The molecular weight excluding hydrogens is 300 g/mol. The standard InChI is InChI=1S/C17H25ClN2O2/c1-5-15(17(22)19-12(3)4)20(16(21)6-2)11-13-9-7-8-10-14(13)18/h7-10,12,15H,5-6,11H2,1-4H3,(H,19,22)/t15-/m0/s1. The molecule has 0 fully saturated rings. The lowest BCUT2D eigenvalue weighted by Gasteiger charge is -2.31. The molecule has 1 atom stereocenters. The Morgan fingerprint density at radius 1 is 1.23 bits per heavy atom. The van der Waals surface area contributed by atoms with Crippen molar-refractivity contribution in [1.29, 1.82) is 0 Å². The van der Waals surface area contributed by atoms with Gasteiger partial charge in [0, 0.05) is 24.0 Å². The van der Waals surface area contributed by atoms with Crippen LogP contribution in [0, 0.1) is 0 Å². The number of nitrogens with zero attached hydrogens (tertiary/aromatic N) is 1. The number of benzene rings is 1. The van der Waals surface area contributed by atoms with Crippen LogP contribution in [0.1, 0.15) is 46.1 Å². The molecule has 1 rings (SSSR count). The fourth-order valence-corrected chi connectivity index (χ4v) is 2.51. The number of hydrogen-bond donors (Lipinski definition) is 1. The average Bonchev–Trinajstić information content (AvgIpc) is 2.47. The van der Waals surface area contributed by atoms with Gasteiger partial charge in [0.05, 0.1) is 0 Å². The monoisotopic (exact) mass is 324 g/mol. The summed E-state index contributed by atoms with van der Waals surface area (Å²) in [4.78, 5) is 26.3. The maximum Gasteiger partial charge on any atom is 0.243 e. The molecule has 1 N–H and O–H groups in total. The van der Waals surface area contributed by atoms with E-state index in [1.54, 1.807) is 17.9 Å². The van der Waals surface area contributed by atoms with Crippen LogP contribution in [0.15, 0.2) is 24.3 Å². The van der Waals surface area contributed by atoms with Gasteiger partial charge in [0.1, 0.15) is 6.04 Å². The molecule has 0 radical (unpaired) electrons. The highest BCUT2D eigenvalue weighted by Crippen LogP contribution is 2.20. The molecule has 122 valence electrons. The average molecular weight is 325 g/mol. The minimum absolute atomic E-state index is 0.0421. The van der Waals surface area contributed by atoms with E-state index in [1.807, 2.05) is 39.0 Å². The van der Waals surface area contributed by atoms with Crippen LogP contribution in [-0.4, -0.2) is 28.8 Å². The molecule has 4 nitrogen and oxygen atoms in total. The predicted octanol–water partition coefficient (Wildman–Crippen LogP) is 3.38. The van der Waals surface area contributed by atoms with Crippen LogP contribution in [0.4, 0.5) is 0 Å². The van der Waals surface area contributed by atoms with E-state index in [9.17, 15) is 9.59 Å². The largest absolute Gasteiger partial charge is 0.352 e. The number of rotatable bonds is 7. The van der Waals surface area contributed by atoms with Gasteiger partial charge in [-0.25, -0.2) is 0 Å². The van der Waals surface area contributed by atoms with Gasteiger partial charge in [-0.2, -0.15) is 0 Å². The lowest BCUT2D eigenvalue weighted by Crippen LogP contribution is -2.50. The van der Waals surface area contributed by atoms with Gasteiger partial charge in [0.15, 0.2) is 0 Å². The topological polar surface area (TPSA) is 49.4 Å². The Kier molecular flexibility index (Phi) is 7.39. The number of halogens is 1. The van der Waals surface area contributed by atoms with E-state index in [1.165, 1.54) is 0 Å². The SMILES string of the molecule is CCC(=O)N(Cc1ccccc1Cl)[C@@H](CC)C(=O)NC(C)C. The summed E-state index contributed by atoms with van der Waals surface area (Å²) in [5, 5.41) is 3.49. The Bertz CT molecular complexity index is 517. The number of carbonyl (C=O) groups is 2. The van der Waals surface area contributed by atoms with E-state index in [0.717, 1.165) is 5.56 Å². The minimum atomic E-state index is -0.480. The third kappa shape index (κ3) is 5.02. The Labute approximate surface area is 137 Å². The van der Waals surface area contributed by atoms with Crippen molar-refractivity contribution < 1.29 is 9.59 Å². The highest BCUT2D eigenvalue weighted by Gasteiger charge is 2.28. The second kappa shape index (κ2) is 8.79. The van der Waals surface area contributed by atoms with Crippen LogP contribution in [0.25, 0.3) is 0 Å². The summed E-state index contributed by atoms with van der Waals surface area (Å²) >= 11 is 6.19. The molecule has 0 heterocycles. The van der Waals surface area contributed by atoms with E-state index in [0.29, 0.717) is 24.4 Å². The Morgan fingerprint density at radius 3 is 2.36 bits per heavy atom. The first-order valence-electron chi connectivity index (χ1n) is 7.73. The first-order chi connectivity index (χ1) is 10.4. The fraction of sp³-hybridized carbons (Fsp3) is 0.529. The highest BCUT2D eigenvalue weighted by molar-refractivity contribution is 6.31. The van der Waals surface area contributed by atoms with Crippen LogP contribution in [0.3, 0.4) is 0 Å². The van der Waals surface area contributed by atoms with Gasteiger partial charge in [0.2, 0.25) is 11.8 Å². The minimum Gasteiger partial charge on any atom is -0.352 e. The molecule has 1 aromatic rings.